The summed E-state index contributed by atoms with van der Waals surface area (Å²) in [6.45, 7) is 2.56. The van der Waals surface area contributed by atoms with Crippen LogP contribution in [0.1, 0.15) is 42.1 Å². The Labute approximate surface area is 159 Å². The third-order valence-electron chi connectivity index (χ3n) is 5.28. The molecular formula is C22H25NO4. The molecule has 142 valence electrons. The zero-order valence-corrected chi connectivity index (χ0v) is 16.0. The van der Waals surface area contributed by atoms with Crippen LogP contribution in [-0.4, -0.2) is 24.8 Å². The Morgan fingerprint density at radius 3 is 2.59 bits per heavy atom. The van der Waals surface area contributed by atoms with Crippen LogP contribution >= 0.6 is 0 Å². The Balaban J connectivity index is 2.23. The van der Waals surface area contributed by atoms with E-state index in [-0.39, 0.29) is 5.56 Å². The van der Waals surface area contributed by atoms with Gasteiger partial charge in [-0.2, -0.15) is 0 Å². The molecule has 2 heterocycles. The molecule has 0 saturated carbocycles. The lowest BCUT2D eigenvalue weighted by Crippen LogP contribution is -2.41. The number of methoxy groups -OCH3 is 2. The lowest BCUT2D eigenvalue weighted by atomic mass is 9.86. The number of rotatable bonds is 6. The van der Waals surface area contributed by atoms with Crippen molar-refractivity contribution in [2.24, 2.45) is 0 Å². The lowest BCUT2D eigenvalue weighted by Gasteiger charge is -2.30. The van der Waals surface area contributed by atoms with Gasteiger partial charge in [-0.15, -0.1) is 0 Å². The second-order valence-electron chi connectivity index (χ2n) is 6.64. The summed E-state index contributed by atoms with van der Waals surface area (Å²) in [5, 5.41) is 0. The highest BCUT2D eigenvalue weighted by molar-refractivity contribution is 5.84. The van der Waals surface area contributed by atoms with Gasteiger partial charge in [-0.3, -0.25) is 4.79 Å². The zero-order valence-electron chi connectivity index (χ0n) is 16.0. The van der Waals surface area contributed by atoms with E-state index in [1.165, 1.54) is 14.2 Å². The van der Waals surface area contributed by atoms with Gasteiger partial charge in [0.25, 0.3) is 5.56 Å². The molecule has 3 rings (SSSR count). The van der Waals surface area contributed by atoms with E-state index < -0.39 is 11.6 Å². The number of pyridine rings is 1. The zero-order chi connectivity index (χ0) is 19.4. The summed E-state index contributed by atoms with van der Waals surface area (Å²) in [7, 11) is 2.82. The Morgan fingerprint density at radius 1 is 1.22 bits per heavy atom. The predicted octanol–water partition coefficient (Wildman–Crippen LogP) is 3.39. The van der Waals surface area contributed by atoms with Gasteiger partial charge in [-0.05, 0) is 37.0 Å². The van der Waals surface area contributed by atoms with Gasteiger partial charge in [0.05, 0.1) is 7.11 Å². The molecule has 1 aliphatic heterocycles. The maximum absolute atomic E-state index is 13.2. The van der Waals surface area contributed by atoms with E-state index in [1.54, 1.807) is 10.6 Å². The van der Waals surface area contributed by atoms with E-state index in [9.17, 15) is 9.59 Å². The van der Waals surface area contributed by atoms with E-state index in [0.29, 0.717) is 24.1 Å². The number of carbonyl (C=O) groups is 1. The van der Waals surface area contributed by atoms with Gasteiger partial charge in [0.2, 0.25) is 0 Å². The summed E-state index contributed by atoms with van der Waals surface area (Å²) in [5.41, 5.74) is 1.56. The summed E-state index contributed by atoms with van der Waals surface area (Å²) < 4.78 is 12.5. The number of nitrogens with zero attached hydrogens (tertiary/aromatic N) is 1. The van der Waals surface area contributed by atoms with Crippen molar-refractivity contribution in [1.82, 2.24) is 4.57 Å². The number of aryl methyl sites for hydroxylation is 1. The molecule has 27 heavy (non-hydrogen) atoms. The molecule has 2 aromatic rings. The first-order valence-corrected chi connectivity index (χ1v) is 9.21. The van der Waals surface area contributed by atoms with Gasteiger partial charge >= 0.3 is 5.97 Å². The number of benzene rings is 1. The van der Waals surface area contributed by atoms with E-state index in [4.69, 9.17) is 9.47 Å². The van der Waals surface area contributed by atoms with Crippen molar-refractivity contribution >= 4 is 18.1 Å². The normalized spacial score (nSPS) is 15.5. The van der Waals surface area contributed by atoms with Crippen LogP contribution in [0.4, 0.5) is 0 Å². The molecule has 1 aromatic carbocycles. The van der Waals surface area contributed by atoms with Crippen LogP contribution in [0.25, 0.3) is 12.2 Å². The van der Waals surface area contributed by atoms with Gasteiger partial charge in [-0.25, -0.2) is 4.79 Å². The molecule has 0 bridgehead atoms. The van der Waals surface area contributed by atoms with Gasteiger partial charge in [0.1, 0.15) is 0 Å². The average Bonchev–Trinajstić information content (AvgIpc) is 3.18. The summed E-state index contributed by atoms with van der Waals surface area (Å²) in [4.78, 5) is 25.9. The smallest absolute Gasteiger partial charge is 0.342 e. The van der Waals surface area contributed by atoms with Crippen molar-refractivity contribution in [1.29, 1.82) is 0 Å². The average molecular weight is 367 g/mol. The summed E-state index contributed by atoms with van der Waals surface area (Å²) in [6.07, 6.45) is 5.77. The summed E-state index contributed by atoms with van der Waals surface area (Å²) >= 11 is 0. The van der Waals surface area contributed by atoms with Crippen molar-refractivity contribution in [2.75, 3.05) is 14.2 Å². The Kier molecular flexibility index (Phi) is 5.61. The maximum atomic E-state index is 13.2. The molecule has 0 unspecified atom stereocenters. The molecule has 0 saturated heterocycles. The fourth-order valence-corrected chi connectivity index (χ4v) is 3.77. The minimum absolute atomic E-state index is 0.0917. The first-order chi connectivity index (χ1) is 13.1. The Bertz CT molecular complexity index is 908. The summed E-state index contributed by atoms with van der Waals surface area (Å²) in [5.74, 6) is -0.496. The molecule has 1 aliphatic rings. The molecule has 1 aromatic heterocycles. The quantitative estimate of drug-likeness (QED) is 0.735. The van der Waals surface area contributed by atoms with E-state index >= 15 is 0 Å². The van der Waals surface area contributed by atoms with Crippen LogP contribution in [0.15, 0.2) is 41.2 Å². The van der Waals surface area contributed by atoms with Crippen LogP contribution in [0, 0.1) is 0 Å². The topological polar surface area (TPSA) is 57.5 Å². The fourth-order valence-electron chi connectivity index (χ4n) is 3.77. The van der Waals surface area contributed by atoms with Crippen LogP contribution in [0.5, 0.6) is 0 Å². The molecule has 0 radical (unpaired) electrons. The van der Waals surface area contributed by atoms with Gasteiger partial charge < -0.3 is 14.0 Å². The number of fused-ring (bicyclic) bond motifs is 1. The Hall–Kier alpha value is -2.66. The van der Waals surface area contributed by atoms with Crippen LogP contribution < -0.4 is 5.56 Å². The first-order valence-electron chi connectivity index (χ1n) is 9.21. The van der Waals surface area contributed by atoms with Gasteiger partial charge in [0.15, 0.2) is 5.60 Å². The third-order valence-corrected chi connectivity index (χ3v) is 5.28. The highest BCUT2D eigenvalue weighted by atomic mass is 16.6. The number of carbonyl (C=O) groups excluding carboxylic acids is 1. The maximum Gasteiger partial charge on any atom is 0.342 e. The molecule has 0 aliphatic carbocycles. The standard InChI is InChI=1S/C22H25NO4/c1-4-22(27-3,21(25)26-2)19-15-17-11-8-14-23(17)20(24)18(19)13-12-16-9-6-5-7-10-16/h5-7,9-10,12-13,15H,4,8,11,14H2,1-3H3/b13-12+/t22-/m0/s1. The largest absolute Gasteiger partial charge is 0.467 e. The number of esters is 1. The monoisotopic (exact) mass is 367 g/mol. The molecular weight excluding hydrogens is 342 g/mol. The molecule has 5 nitrogen and oxygen atoms in total. The fraction of sp³-hybridized carbons (Fsp3) is 0.364. The van der Waals surface area contributed by atoms with Gasteiger partial charge in [-0.1, -0.05) is 43.3 Å². The van der Waals surface area contributed by atoms with E-state index in [1.807, 2.05) is 49.4 Å². The van der Waals surface area contributed by atoms with E-state index in [2.05, 4.69) is 0 Å². The molecule has 5 heteroatoms. The number of hydrogen-bond acceptors (Lipinski definition) is 4. The van der Waals surface area contributed by atoms with Crippen LogP contribution in [-0.2, 0) is 32.8 Å². The highest BCUT2D eigenvalue weighted by Crippen LogP contribution is 2.34. The second-order valence-corrected chi connectivity index (χ2v) is 6.64. The molecule has 1 atom stereocenters. The molecule has 0 N–H and O–H groups in total. The van der Waals surface area contributed by atoms with Crippen molar-refractivity contribution in [3.8, 4) is 0 Å². The number of ether oxygens (including phenoxy) is 2. The van der Waals surface area contributed by atoms with Crippen molar-refractivity contribution in [3.05, 3.63) is 69.1 Å². The predicted molar refractivity (Wildman–Crippen MR) is 105 cm³/mol. The summed E-state index contributed by atoms with van der Waals surface area (Å²) in [6, 6.07) is 11.7. The van der Waals surface area contributed by atoms with Crippen LogP contribution in [0.3, 0.4) is 0 Å². The molecule has 0 spiro atoms. The van der Waals surface area contributed by atoms with Crippen molar-refractivity contribution < 1.29 is 14.3 Å². The number of hydrogen-bond donors (Lipinski definition) is 0. The van der Waals surface area contributed by atoms with Crippen LogP contribution in [0.2, 0.25) is 0 Å². The molecule has 0 amide bonds. The lowest BCUT2D eigenvalue weighted by molar-refractivity contribution is -0.168. The SMILES string of the molecule is CC[C@@](OC)(C(=O)OC)c1cc2n(c(=O)c1/C=C/c1ccccc1)CCC2. The molecule has 0 fully saturated rings. The highest BCUT2D eigenvalue weighted by Gasteiger charge is 2.43. The van der Waals surface area contributed by atoms with Gasteiger partial charge in [0, 0.05) is 30.5 Å². The third kappa shape index (κ3) is 3.35. The van der Waals surface area contributed by atoms with Crippen molar-refractivity contribution in [3.63, 3.8) is 0 Å². The Morgan fingerprint density at radius 2 is 1.96 bits per heavy atom. The van der Waals surface area contributed by atoms with Crippen molar-refractivity contribution in [2.45, 2.75) is 38.3 Å². The minimum Gasteiger partial charge on any atom is -0.467 e. The minimum atomic E-state index is -1.30. The first kappa shape index (κ1) is 19.1. The number of aromatic nitrogens is 1. The second kappa shape index (κ2) is 7.92. The van der Waals surface area contributed by atoms with E-state index in [0.717, 1.165) is 24.1 Å².